The molecule has 0 aromatic carbocycles. The molecule has 7 heteroatoms. The molecular weight excluding hydrogens is 298 g/mol. The van der Waals surface area contributed by atoms with E-state index in [0.29, 0.717) is 12.2 Å². The molecule has 2 heterocycles. The summed E-state index contributed by atoms with van der Waals surface area (Å²) in [5, 5.41) is 11.0. The van der Waals surface area contributed by atoms with Crippen molar-refractivity contribution in [1.29, 1.82) is 0 Å². The number of nitrogens with one attached hydrogen (secondary N) is 1. The lowest BCUT2D eigenvalue weighted by molar-refractivity contribution is 0.0944. The maximum absolute atomic E-state index is 12.0. The molecule has 0 aliphatic rings. The Morgan fingerprint density at radius 3 is 2.72 bits per heavy atom. The Balaban J connectivity index is 2.06. The molecule has 0 saturated carbocycles. The Labute approximate surface area is 113 Å². The Hall–Kier alpha value is -1.63. The molecule has 0 bridgehead atoms. The number of aromatic nitrogens is 4. The van der Waals surface area contributed by atoms with Crippen LogP contribution in [0.5, 0.6) is 0 Å². The standard InChI is InChI=1S/C11H14BrN5O/c1-7-9(12)10(15-17(7)3)11(18)13-4-8-5-14-16(2)6-8/h5-6H,4H2,1-3H3,(H,13,18). The van der Waals surface area contributed by atoms with E-state index in [-0.39, 0.29) is 5.91 Å². The molecule has 18 heavy (non-hydrogen) atoms. The zero-order valence-corrected chi connectivity index (χ0v) is 12.0. The van der Waals surface area contributed by atoms with Gasteiger partial charge in [-0.1, -0.05) is 0 Å². The van der Waals surface area contributed by atoms with Gasteiger partial charge in [0.1, 0.15) is 0 Å². The maximum atomic E-state index is 12.0. The second kappa shape index (κ2) is 4.93. The van der Waals surface area contributed by atoms with Crippen LogP contribution < -0.4 is 5.32 Å². The zero-order valence-electron chi connectivity index (χ0n) is 10.4. The number of rotatable bonds is 3. The fourth-order valence-corrected chi connectivity index (χ4v) is 2.07. The molecule has 0 aliphatic carbocycles. The van der Waals surface area contributed by atoms with Gasteiger partial charge >= 0.3 is 0 Å². The Morgan fingerprint density at radius 1 is 1.50 bits per heavy atom. The highest BCUT2D eigenvalue weighted by atomic mass is 79.9. The Kier molecular flexibility index (Phi) is 3.51. The molecule has 1 amide bonds. The van der Waals surface area contributed by atoms with Gasteiger partial charge in [0, 0.05) is 32.4 Å². The molecule has 2 rings (SSSR count). The van der Waals surface area contributed by atoms with Gasteiger partial charge in [-0.2, -0.15) is 10.2 Å². The number of aryl methyl sites for hydroxylation is 2. The summed E-state index contributed by atoms with van der Waals surface area (Å²) >= 11 is 3.37. The highest BCUT2D eigenvalue weighted by Crippen LogP contribution is 2.19. The number of nitrogens with zero attached hydrogens (tertiary/aromatic N) is 4. The lowest BCUT2D eigenvalue weighted by atomic mass is 10.3. The van der Waals surface area contributed by atoms with Crippen LogP contribution in [0.1, 0.15) is 21.7 Å². The average molecular weight is 312 g/mol. The molecular formula is C11H14BrN5O. The first-order chi connectivity index (χ1) is 8.49. The molecule has 6 nitrogen and oxygen atoms in total. The van der Waals surface area contributed by atoms with Gasteiger partial charge in [0.05, 0.1) is 16.4 Å². The summed E-state index contributed by atoms with van der Waals surface area (Å²) in [4.78, 5) is 12.0. The first-order valence-corrected chi connectivity index (χ1v) is 6.23. The van der Waals surface area contributed by atoms with Crippen molar-refractivity contribution >= 4 is 21.8 Å². The Morgan fingerprint density at radius 2 is 2.22 bits per heavy atom. The molecule has 0 unspecified atom stereocenters. The molecule has 0 radical (unpaired) electrons. The molecule has 2 aromatic heterocycles. The summed E-state index contributed by atoms with van der Waals surface area (Å²) in [5.41, 5.74) is 2.27. The van der Waals surface area contributed by atoms with Gasteiger partial charge in [0.15, 0.2) is 5.69 Å². The zero-order chi connectivity index (χ0) is 13.3. The molecule has 2 aromatic rings. The fraction of sp³-hybridized carbons (Fsp3) is 0.364. The average Bonchev–Trinajstić information content (AvgIpc) is 2.86. The second-order valence-corrected chi connectivity index (χ2v) is 4.87. The van der Waals surface area contributed by atoms with E-state index >= 15 is 0 Å². The lowest BCUT2D eigenvalue weighted by Gasteiger charge is -2.00. The van der Waals surface area contributed by atoms with E-state index in [9.17, 15) is 4.79 Å². The third-order valence-corrected chi connectivity index (χ3v) is 3.64. The highest BCUT2D eigenvalue weighted by Gasteiger charge is 2.17. The van der Waals surface area contributed by atoms with Crippen molar-refractivity contribution in [2.75, 3.05) is 0 Å². The van der Waals surface area contributed by atoms with Gasteiger partial charge in [0.25, 0.3) is 5.91 Å². The largest absolute Gasteiger partial charge is 0.346 e. The Bertz CT molecular complexity index is 586. The summed E-state index contributed by atoms with van der Waals surface area (Å²) < 4.78 is 4.10. The number of hydrogen-bond acceptors (Lipinski definition) is 3. The van der Waals surface area contributed by atoms with Crippen molar-refractivity contribution in [2.24, 2.45) is 14.1 Å². The number of amides is 1. The van der Waals surface area contributed by atoms with E-state index in [1.807, 2.05) is 20.2 Å². The summed E-state index contributed by atoms with van der Waals surface area (Å²) in [6.45, 7) is 2.34. The topological polar surface area (TPSA) is 64.7 Å². The first-order valence-electron chi connectivity index (χ1n) is 5.44. The van der Waals surface area contributed by atoms with Crippen LogP contribution in [0.25, 0.3) is 0 Å². The van der Waals surface area contributed by atoms with Gasteiger partial charge in [0.2, 0.25) is 0 Å². The summed E-state index contributed by atoms with van der Waals surface area (Å²) in [7, 11) is 3.64. The molecule has 0 aliphatic heterocycles. The van der Waals surface area contributed by atoms with Crippen molar-refractivity contribution in [1.82, 2.24) is 24.9 Å². The van der Waals surface area contributed by atoms with Gasteiger partial charge in [-0.15, -0.1) is 0 Å². The summed E-state index contributed by atoms with van der Waals surface area (Å²) in [6.07, 6.45) is 3.58. The fourth-order valence-electron chi connectivity index (χ4n) is 1.56. The van der Waals surface area contributed by atoms with E-state index in [0.717, 1.165) is 15.7 Å². The number of carbonyl (C=O) groups is 1. The monoisotopic (exact) mass is 311 g/mol. The molecule has 96 valence electrons. The van der Waals surface area contributed by atoms with Crippen molar-refractivity contribution in [3.63, 3.8) is 0 Å². The predicted molar refractivity (Wildman–Crippen MR) is 70.0 cm³/mol. The molecule has 1 N–H and O–H groups in total. The van der Waals surface area contributed by atoms with Gasteiger partial charge in [-0.05, 0) is 22.9 Å². The third kappa shape index (κ3) is 2.45. The van der Waals surface area contributed by atoms with E-state index in [2.05, 4.69) is 31.4 Å². The van der Waals surface area contributed by atoms with Crippen LogP contribution in [0.3, 0.4) is 0 Å². The van der Waals surface area contributed by atoms with Gasteiger partial charge in [-0.3, -0.25) is 14.2 Å². The highest BCUT2D eigenvalue weighted by molar-refractivity contribution is 9.10. The van der Waals surface area contributed by atoms with Gasteiger partial charge < -0.3 is 5.32 Å². The number of carbonyl (C=O) groups excluding carboxylic acids is 1. The quantitative estimate of drug-likeness (QED) is 0.925. The van der Waals surface area contributed by atoms with Crippen LogP contribution >= 0.6 is 15.9 Å². The minimum Gasteiger partial charge on any atom is -0.346 e. The summed E-state index contributed by atoms with van der Waals surface area (Å²) in [6, 6.07) is 0. The molecule has 0 fully saturated rings. The number of halogens is 1. The van der Waals surface area contributed by atoms with Crippen LogP contribution in [0.15, 0.2) is 16.9 Å². The molecule has 0 atom stereocenters. The second-order valence-electron chi connectivity index (χ2n) is 4.08. The van der Waals surface area contributed by atoms with Crippen LogP contribution in [0, 0.1) is 6.92 Å². The lowest BCUT2D eigenvalue weighted by Crippen LogP contribution is -2.23. The summed E-state index contributed by atoms with van der Waals surface area (Å²) in [5.74, 6) is -0.200. The van der Waals surface area contributed by atoms with Crippen molar-refractivity contribution in [2.45, 2.75) is 13.5 Å². The van der Waals surface area contributed by atoms with E-state index < -0.39 is 0 Å². The third-order valence-electron chi connectivity index (χ3n) is 2.69. The normalized spacial score (nSPS) is 10.7. The van der Waals surface area contributed by atoms with E-state index in [4.69, 9.17) is 0 Å². The van der Waals surface area contributed by atoms with Crippen molar-refractivity contribution < 1.29 is 4.79 Å². The molecule has 0 spiro atoms. The van der Waals surface area contributed by atoms with E-state index in [1.165, 1.54) is 0 Å². The SMILES string of the molecule is Cc1c(Br)c(C(=O)NCc2cnn(C)c2)nn1C. The first kappa shape index (κ1) is 12.8. The maximum Gasteiger partial charge on any atom is 0.273 e. The van der Waals surface area contributed by atoms with E-state index in [1.54, 1.807) is 22.6 Å². The van der Waals surface area contributed by atoms with Crippen LogP contribution in [0.4, 0.5) is 0 Å². The van der Waals surface area contributed by atoms with Crippen molar-refractivity contribution in [3.8, 4) is 0 Å². The minimum atomic E-state index is -0.200. The minimum absolute atomic E-state index is 0.200. The van der Waals surface area contributed by atoms with Crippen LogP contribution in [-0.2, 0) is 20.6 Å². The molecule has 0 saturated heterocycles. The van der Waals surface area contributed by atoms with Crippen LogP contribution in [0.2, 0.25) is 0 Å². The predicted octanol–water partition coefficient (Wildman–Crippen LogP) is 1.15. The number of hydrogen-bond donors (Lipinski definition) is 1. The van der Waals surface area contributed by atoms with Crippen molar-refractivity contribution in [3.05, 3.63) is 33.8 Å². The van der Waals surface area contributed by atoms with Gasteiger partial charge in [-0.25, -0.2) is 0 Å². The van der Waals surface area contributed by atoms with Crippen LogP contribution in [-0.4, -0.2) is 25.5 Å². The smallest absolute Gasteiger partial charge is 0.273 e.